The normalized spacial score (nSPS) is 11.7. The summed E-state index contributed by atoms with van der Waals surface area (Å²) in [6.07, 6.45) is 0. The number of aryl methyl sites for hydroxylation is 1. The molecule has 98 valence electrons. The molecular formula is C13H16O4S. The summed E-state index contributed by atoms with van der Waals surface area (Å²) in [7, 11) is 0. The first kappa shape index (κ1) is 14.6. The molecule has 0 amide bonds. The summed E-state index contributed by atoms with van der Waals surface area (Å²) in [5.41, 5.74) is 0.171. The van der Waals surface area contributed by atoms with Crippen LogP contribution in [0, 0.1) is 6.92 Å². The number of hydrogen-bond acceptors (Lipinski definition) is 5. The molecule has 0 heterocycles. The third kappa shape index (κ3) is 4.79. The van der Waals surface area contributed by atoms with Crippen LogP contribution in [0.25, 0.3) is 0 Å². The molecule has 0 spiro atoms. The molecule has 1 aromatic carbocycles. The van der Waals surface area contributed by atoms with Crippen molar-refractivity contribution in [2.24, 2.45) is 0 Å². The van der Waals surface area contributed by atoms with Gasteiger partial charge in [0, 0.05) is 11.8 Å². The summed E-state index contributed by atoms with van der Waals surface area (Å²) in [5, 5.41) is 0. The van der Waals surface area contributed by atoms with E-state index in [-0.39, 0.29) is 6.61 Å². The Hall–Kier alpha value is -1.49. The Morgan fingerprint density at radius 3 is 2.39 bits per heavy atom. The Bertz CT molecular complexity index is 414. The highest BCUT2D eigenvalue weighted by Gasteiger charge is 2.24. The van der Waals surface area contributed by atoms with Crippen molar-refractivity contribution in [3.05, 3.63) is 29.8 Å². The lowest BCUT2D eigenvalue weighted by Crippen LogP contribution is -2.25. The molecule has 0 bridgehead atoms. The van der Waals surface area contributed by atoms with Crippen LogP contribution in [0.2, 0.25) is 0 Å². The monoisotopic (exact) mass is 268 g/mol. The number of ether oxygens (including phenoxy) is 2. The molecule has 0 N–H and O–H groups in total. The molecule has 0 aliphatic rings. The van der Waals surface area contributed by atoms with Gasteiger partial charge in [-0.15, -0.1) is 0 Å². The topological polar surface area (TPSA) is 52.6 Å². The molecular weight excluding hydrogens is 252 g/mol. The van der Waals surface area contributed by atoms with Gasteiger partial charge in [0.25, 0.3) is 0 Å². The number of thioether (sulfide) groups is 1. The summed E-state index contributed by atoms with van der Waals surface area (Å²) in [6.45, 7) is 5.20. The average Bonchev–Trinajstić information content (AvgIpc) is 2.31. The molecule has 0 fully saturated rings. The van der Waals surface area contributed by atoms with Gasteiger partial charge in [0.2, 0.25) is 5.44 Å². The summed E-state index contributed by atoms with van der Waals surface area (Å²) in [5.74, 6) is -1.05. The van der Waals surface area contributed by atoms with E-state index in [1.165, 1.54) is 6.92 Å². The summed E-state index contributed by atoms with van der Waals surface area (Å²) in [4.78, 5) is 23.4. The molecule has 1 aromatic rings. The van der Waals surface area contributed by atoms with E-state index in [9.17, 15) is 9.59 Å². The van der Waals surface area contributed by atoms with Crippen LogP contribution in [0.4, 0.5) is 0 Å². The molecule has 1 atom stereocenters. The number of benzene rings is 1. The summed E-state index contributed by atoms with van der Waals surface area (Å²) < 4.78 is 9.81. The SMILES string of the molecule is CCOC(=O)[C@H](OC(C)=O)Sc1ccc(C)cc1. The minimum atomic E-state index is -0.954. The molecule has 0 radical (unpaired) electrons. The zero-order valence-corrected chi connectivity index (χ0v) is 11.5. The van der Waals surface area contributed by atoms with Gasteiger partial charge in [0.1, 0.15) is 0 Å². The lowest BCUT2D eigenvalue weighted by atomic mass is 10.2. The minimum absolute atomic E-state index is 0.255. The van der Waals surface area contributed by atoms with E-state index in [4.69, 9.17) is 9.47 Å². The maximum Gasteiger partial charge on any atom is 0.358 e. The predicted octanol–water partition coefficient (Wildman–Crippen LogP) is 2.54. The van der Waals surface area contributed by atoms with Crippen LogP contribution >= 0.6 is 11.8 Å². The fraction of sp³-hybridized carbons (Fsp3) is 0.385. The standard InChI is InChI=1S/C13H16O4S/c1-4-16-12(15)13(17-10(3)14)18-11-7-5-9(2)6-8-11/h5-8,13H,4H2,1-3H3/t13-/m1/s1. The first-order valence-corrected chi connectivity index (χ1v) is 6.48. The number of esters is 2. The molecule has 5 heteroatoms. The van der Waals surface area contributed by atoms with Gasteiger partial charge >= 0.3 is 11.9 Å². The molecule has 0 aromatic heterocycles. The van der Waals surface area contributed by atoms with Crippen molar-refractivity contribution < 1.29 is 19.1 Å². The smallest absolute Gasteiger partial charge is 0.358 e. The van der Waals surface area contributed by atoms with E-state index in [0.29, 0.717) is 0 Å². The van der Waals surface area contributed by atoms with E-state index in [1.807, 2.05) is 31.2 Å². The number of carbonyl (C=O) groups excluding carboxylic acids is 2. The average molecular weight is 268 g/mol. The first-order chi connectivity index (χ1) is 8.52. The number of carbonyl (C=O) groups is 2. The highest BCUT2D eigenvalue weighted by molar-refractivity contribution is 8.00. The van der Waals surface area contributed by atoms with Crippen LogP contribution in [0.1, 0.15) is 19.4 Å². The predicted molar refractivity (Wildman–Crippen MR) is 69.2 cm³/mol. The van der Waals surface area contributed by atoms with Crippen LogP contribution in [0.15, 0.2) is 29.2 Å². The molecule has 18 heavy (non-hydrogen) atoms. The van der Waals surface area contributed by atoms with Crippen molar-refractivity contribution in [2.45, 2.75) is 31.1 Å². The van der Waals surface area contributed by atoms with Crippen molar-refractivity contribution >= 4 is 23.7 Å². The molecule has 0 saturated heterocycles. The van der Waals surface area contributed by atoms with E-state index >= 15 is 0 Å². The Balaban J connectivity index is 2.74. The van der Waals surface area contributed by atoms with Gasteiger partial charge in [-0.1, -0.05) is 29.5 Å². The van der Waals surface area contributed by atoms with Crippen LogP contribution in [-0.4, -0.2) is 24.0 Å². The third-order valence-corrected chi connectivity index (χ3v) is 3.06. The molecule has 0 saturated carbocycles. The molecule has 4 nitrogen and oxygen atoms in total. The van der Waals surface area contributed by atoms with E-state index in [2.05, 4.69) is 0 Å². The fourth-order valence-electron chi connectivity index (χ4n) is 1.22. The van der Waals surface area contributed by atoms with E-state index < -0.39 is 17.4 Å². The molecule has 0 aliphatic heterocycles. The first-order valence-electron chi connectivity index (χ1n) is 5.60. The Kier molecular flexibility index (Phi) is 5.71. The Morgan fingerprint density at radius 2 is 1.89 bits per heavy atom. The second-order valence-electron chi connectivity index (χ2n) is 3.62. The van der Waals surface area contributed by atoms with Crippen molar-refractivity contribution in [3.8, 4) is 0 Å². The quantitative estimate of drug-likeness (QED) is 0.466. The zero-order valence-electron chi connectivity index (χ0n) is 10.6. The van der Waals surface area contributed by atoms with Crippen LogP contribution in [0.3, 0.4) is 0 Å². The van der Waals surface area contributed by atoms with Crippen molar-refractivity contribution in [1.82, 2.24) is 0 Å². The van der Waals surface area contributed by atoms with Gasteiger partial charge in [0.05, 0.1) is 6.61 Å². The van der Waals surface area contributed by atoms with Gasteiger partial charge in [-0.25, -0.2) is 4.79 Å². The maximum atomic E-state index is 11.6. The van der Waals surface area contributed by atoms with Crippen molar-refractivity contribution in [1.29, 1.82) is 0 Å². The summed E-state index contributed by atoms with van der Waals surface area (Å²) >= 11 is 1.16. The lowest BCUT2D eigenvalue weighted by molar-refractivity contribution is -0.159. The third-order valence-electron chi connectivity index (χ3n) is 2.02. The van der Waals surface area contributed by atoms with Crippen molar-refractivity contribution in [2.75, 3.05) is 6.61 Å². The van der Waals surface area contributed by atoms with Gasteiger partial charge in [-0.2, -0.15) is 0 Å². The minimum Gasteiger partial charge on any atom is -0.463 e. The van der Waals surface area contributed by atoms with Gasteiger partial charge in [-0.05, 0) is 26.0 Å². The lowest BCUT2D eigenvalue weighted by Gasteiger charge is -2.14. The second-order valence-corrected chi connectivity index (χ2v) is 4.76. The molecule has 0 aliphatic carbocycles. The van der Waals surface area contributed by atoms with Crippen LogP contribution in [0.5, 0.6) is 0 Å². The van der Waals surface area contributed by atoms with Gasteiger partial charge in [-0.3, -0.25) is 4.79 Å². The Labute approximate surface area is 111 Å². The highest BCUT2D eigenvalue weighted by Crippen LogP contribution is 2.25. The van der Waals surface area contributed by atoms with Crippen molar-refractivity contribution in [3.63, 3.8) is 0 Å². The highest BCUT2D eigenvalue weighted by atomic mass is 32.2. The Morgan fingerprint density at radius 1 is 1.28 bits per heavy atom. The largest absolute Gasteiger partial charge is 0.463 e. The zero-order chi connectivity index (χ0) is 13.5. The van der Waals surface area contributed by atoms with Crippen LogP contribution < -0.4 is 0 Å². The molecule has 0 unspecified atom stereocenters. The maximum absolute atomic E-state index is 11.6. The van der Waals surface area contributed by atoms with Gasteiger partial charge in [0.15, 0.2) is 0 Å². The molecule has 1 rings (SSSR count). The van der Waals surface area contributed by atoms with E-state index in [0.717, 1.165) is 22.2 Å². The van der Waals surface area contributed by atoms with Crippen LogP contribution in [-0.2, 0) is 19.1 Å². The summed E-state index contributed by atoms with van der Waals surface area (Å²) in [6, 6.07) is 7.60. The number of hydrogen-bond donors (Lipinski definition) is 0. The van der Waals surface area contributed by atoms with Gasteiger partial charge < -0.3 is 9.47 Å². The fourth-order valence-corrected chi connectivity index (χ4v) is 2.11. The van der Waals surface area contributed by atoms with E-state index in [1.54, 1.807) is 6.92 Å². The second kappa shape index (κ2) is 7.06. The number of rotatable bonds is 5.